The summed E-state index contributed by atoms with van der Waals surface area (Å²) < 4.78 is 5.53. The van der Waals surface area contributed by atoms with E-state index in [1.165, 1.54) is 28.5 Å². The topological polar surface area (TPSA) is 70.7 Å². The average Bonchev–Trinajstić information content (AvgIpc) is 2.95. The second-order valence-corrected chi connectivity index (χ2v) is 10.5. The van der Waals surface area contributed by atoms with E-state index >= 15 is 0 Å². The molecule has 6 heteroatoms. The van der Waals surface area contributed by atoms with Crippen LogP contribution < -0.4 is 20.5 Å². The Kier molecular flexibility index (Phi) is 8.75. The number of rotatable bonds is 8. The van der Waals surface area contributed by atoms with Crippen LogP contribution in [0.2, 0.25) is 0 Å². The number of hydrazine groups is 1. The fourth-order valence-corrected chi connectivity index (χ4v) is 5.27. The number of hydrogen-bond donors (Lipinski definition) is 2. The highest BCUT2D eigenvalue weighted by Gasteiger charge is 2.40. The number of carbonyl (C=O) groups excluding carboxylic acids is 2. The molecule has 0 saturated carbocycles. The molecule has 3 aromatic carbocycles. The normalized spacial score (nSPS) is 16.7. The van der Waals surface area contributed by atoms with Crippen molar-refractivity contribution in [1.29, 1.82) is 0 Å². The van der Waals surface area contributed by atoms with Crippen LogP contribution in [0.25, 0.3) is 6.08 Å². The van der Waals surface area contributed by atoms with Gasteiger partial charge in [0.15, 0.2) is 0 Å². The lowest BCUT2D eigenvalue weighted by Gasteiger charge is -2.48. The van der Waals surface area contributed by atoms with Gasteiger partial charge in [-0.2, -0.15) is 0 Å². The SMILES string of the molecule is CCCC(=O)NNC(=O)C=Cc1ccc(C2(C)c3ccc(OC)cc3CCN2c2ccc(C(C)C)cc2)cc1. The molecule has 2 N–H and O–H groups in total. The first-order valence-electron chi connectivity index (χ1n) is 13.7. The van der Waals surface area contributed by atoms with Crippen LogP contribution in [0.5, 0.6) is 5.75 Å². The number of hydrogen-bond acceptors (Lipinski definition) is 4. The molecule has 0 saturated heterocycles. The molecular weight excluding hydrogens is 486 g/mol. The Balaban J connectivity index is 1.64. The van der Waals surface area contributed by atoms with Gasteiger partial charge >= 0.3 is 0 Å². The summed E-state index contributed by atoms with van der Waals surface area (Å²) in [5, 5.41) is 0. The lowest BCUT2D eigenvalue weighted by Crippen LogP contribution is -2.49. The number of nitrogens with one attached hydrogen (secondary N) is 2. The van der Waals surface area contributed by atoms with Gasteiger partial charge in [0.05, 0.1) is 12.6 Å². The number of nitrogens with zero attached hydrogens (tertiary/aromatic N) is 1. The highest BCUT2D eigenvalue weighted by molar-refractivity contribution is 5.93. The van der Waals surface area contributed by atoms with Gasteiger partial charge in [0, 0.05) is 24.7 Å². The van der Waals surface area contributed by atoms with Gasteiger partial charge in [-0.3, -0.25) is 20.4 Å². The molecular formula is C33H39N3O3. The van der Waals surface area contributed by atoms with E-state index in [9.17, 15) is 9.59 Å². The molecule has 2 amide bonds. The minimum atomic E-state index is -0.400. The van der Waals surface area contributed by atoms with E-state index in [2.05, 4.69) is 85.1 Å². The van der Waals surface area contributed by atoms with Crippen molar-refractivity contribution < 1.29 is 14.3 Å². The Bertz CT molecular complexity index is 1330. The van der Waals surface area contributed by atoms with Gasteiger partial charge in [-0.05, 0) is 83.8 Å². The summed E-state index contributed by atoms with van der Waals surface area (Å²) in [6, 6.07) is 23.6. The van der Waals surface area contributed by atoms with Gasteiger partial charge in [0.1, 0.15) is 5.75 Å². The number of benzene rings is 3. The van der Waals surface area contributed by atoms with Crippen LogP contribution in [0.3, 0.4) is 0 Å². The molecule has 6 nitrogen and oxygen atoms in total. The van der Waals surface area contributed by atoms with Crippen molar-refractivity contribution in [1.82, 2.24) is 10.9 Å². The second-order valence-electron chi connectivity index (χ2n) is 10.5. The van der Waals surface area contributed by atoms with Crippen molar-refractivity contribution in [3.8, 4) is 5.75 Å². The standard InChI is InChI=1S/C33H39N3O3/c1-6-7-31(37)34-35-32(38)19-10-24-8-13-27(14-9-24)33(4)30-18-17-29(39-5)22-26(30)20-21-36(33)28-15-11-25(12-16-28)23(2)3/h8-19,22-23H,6-7,20-21H2,1-5H3,(H,34,37)(H,35,38). The maximum absolute atomic E-state index is 12.1. The smallest absolute Gasteiger partial charge is 0.262 e. The van der Waals surface area contributed by atoms with Crippen molar-refractivity contribution in [3.05, 3.63) is 101 Å². The summed E-state index contributed by atoms with van der Waals surface area (Å²) in [7, 11) is 1.71. The third-order valence-corrected chi connectivity index (χ3v) is 7.56. The molecule has 0 aliphatic carbocycles. The zero-order valence-corrected chi connectivity index (χ0v) is 23.6. The number of methoxy groups -OCH3 is 1. The lowest BCUT2D eigenvalue weighted by molar-refractivity contribution is -0.126. The molecule has 0 aromatic heterocycles. The molecule has 1 atom stereocenters. The van der Waals surface area contributed by atoms with Gasteiger partial charge < -0.3 is 9.64 Å². The van der Waals surface area contributed by atoms with Gasteiger partial charge in [-0.25, -0.2) is 0 Å². The minimum absolute atomic E-state index is 0.203. The first-order chi connectivity index (χ1) is 18.8. The Morgan fingerprint density at radius 1 is 1.03 bits per heavy atom. The maximum atomic E-state index is 12.1. The Hall–Kier alpha value is -4.06. The lowest BCUT2D eigenvalue weighted by atomic mass is 9.76. The van der Waals surface area contributed by atoms with Gasteiger partial charge in [-0.15, -0.1) is 0 Å². The molecule has 39 heavy (non-hydrogen) atoms. The predicted octanol–water partition coefficient (Wildman–Crippen LogP) is 6.11. The fraction of sp³-hybridized carbons (Fsp3) is 0.333. The van der Waals surface area contributed by atoms with E-state index in [1.807, 2.05) is 25.1 Å². The minimum Gasteiger partial charge on any atom is -0.497 e. The van der Waals surface area contributed by atoms with Gasteiger partial charge in [0.25, 0.3) is 5.91 Å². The first kappa shape index (κ1) is 28.0. The van der Waals surface area contributed by atoms with E-state index in [0.717, 1.165) is 36.3 Å². The van der Waals surface area contributed by atoms with E-state index in [0.29, 0.717) is 12.3 Å². The summed E-state index contributed by atoms with van der Waals surface area (Å²) >= 11 is 0. The fourth-order valence-electron chi connectivity index (χ4n) is 5.27. The van der Waals surface area contributed by atoms with Crippen molar-refractivity contribution in [3.63, 3.8) is 0 Å². The summed E-state index contributed by atoms with van der Waals surface area (Å²) in [4.78, 5) is 26.2. The van der Waals surface area contributed by atoms with Gasteiger partial charge in [0.2, 0.25) is 5.91 Å². The summed E-state index contributed by atoms with van der Waals surface area (Å²) in [5.41, 5.74) is 11.6. The zero-order chi connectivity index (χ0) is 28.0. The van der Waals surface area contributed by atoms with Crippen LogP contribution in [0.1, 0.15) is 74.3 Å². The van der Waals surface area contributed by atoms with Crippen LogP contribution in [-0.4, -0.2) is 25.5 Å². The highest BCUT2D eigenvalue weighted by atomic mass is 16.5. The Morgan fingerprint density at radius 2 is 1.74 bits per heavy atom. The number of fused-ring (bicyclic) bond motifs is 1. The summed E-state index contributed by atoms with van der Waals surface area (Å²) in [6.07, 6.45) is 5.20. The Labute approximate surface area is 232 Å². The van der Waals surface area contributed by atoms with E-state index in [4.69, 9.17) is 4.74 Å². The van der Waals surface area contributed by atoms with Crippen molar-refractivity contribution in [2.45, 2.75) is 58.4 Å². The summed E-state index contributed by atoms with van der Waals surface area (Å²) in [5.74, 6) is 0.776. The molecule has 1 unspecified atom stereocenters. The molecule has 4 rings (SSSR count). The van der Waals surface area contributed by atoms with E-state index < -0.39 is 5.54 Å². The van der Waals surface area contributed by atoms with Crippen LogP contribution >= 0.6 is 0 Å². The first-order valence-corrected chi connectivity index (χ1v) is 13.7. The molecule has 0 bridgehead atoms. The highest BCUT2D eigenvalue weighted by Crippen LogP contribution is 2.44. The third-order valence-electron chi connectivity index (χ3n) is 7.56. The third kappa shape index (κ3) is 6.17. The molecule has 1 heterocycles. The van der Waals surface area contributed by atoms with Crippen LogP contribution in [0.4, 0.5) is 5.69 Å². The van der Waals surface area contributed by atoms with Crippen LogP contribution in [0, 0.1) is 0 Å². The largest absolute Gasteiger partial charge is 0.497 e. The predicted molar refractivity (Wildman–Crippen MR) is 158 cm³/mol. The van der Waals surface area contributed by atoms with E-state index in [1.54, 1.807) is 13.2 Å². The molecule has 3 aromatic rings. The quantitative estimate of drug-likeness (QED) is 0.275. The van der Waals surface area contributed by atoms with Crippen LogP contribution in [-0.2, 0) is 21.5 Å². The molecule has 204 valence electrons. The maximum Gasteiger partial charge on any atom is 0.262 e. The van der Waals surface area contributed by atoms with Crippen molar-refractivity contribution in [2.24, 2.45) is 0 Å². The van der Waals surface area contributed by atoms with Crippen molar-refractivity contribution in [2.75, 3.05) is 18.6 Å². The van der Waals surface area contributed by atoms with Crippen LogP contribution in [0.15, 0.2) is 72.8 Å². The Morgan fingerprint density at radius 3 is 2.38 bits per heavy atom. The van der Waals surface area contributed by atoms with E-state index in [-0.39, 0.29) is 11.8 Å². The second kappa shape index (κ2) is 12.2. The number of carbonyl (C=O) groups is 2. The monoisotopic (exact) mass is 525 g/mol. The molecule has 1 aliphatic rings. The molecule has 0 fully saturated rings. The van der Waals surface area contributed by atoms with Crippen molar-refractivity contribution >= 4 is 23.6 Å². The number of anilines is 1. The summed E-state index contributed by atoms with van der Waals surface area (Å²) in [6.45, 7) is 9.50. The molecule has 0 radical (unpaired) electrons. The average molecular weight is 526 g/mol. The zero-order valence-electron chi connectivity index (χ0n) is 23.6. The number of amides is 2. The van der Waals surface area contributed by atoms with Gasteiger partial charge in [-0.1, -0.05) is 63.2 Å². The molecule has 1 aliphatic heterocycles. The molecule has 0 spiro atoms. The number of ether oxygens (including phenoxy) is 1.